The lowest BCUT2D eigenvalue weighted by atomic mass is 9.41. The van der Waals surface area contributed by atoms with E-state index >= 15 is 0 Å². The lowest BCUT2D eigenvalue weighted by Gasteiger charge is -2.66. The summed E-state index contributed by atoms with van der Waals surface area (Å²) in [7, 11) is 0. The van der Waals surface area contributed by atoms with Crippen molar-refractivity contribution in [2.75, 3.05) is 13.2 Å². The van der Waals surface area contributed by atoms with Crippen molar-refractivity contribution in [2.45, 2.75) is 123 Å². The van der Waals surface area contributed by atoms with Gasteiger partial charge in [-0.15, -0.1) is 0 Å². The van der Waals surface area contributed by atoms with Gasteiger partial charge in [0.1, 0.15) is 0 Å². The minimum Gasteiger partial charge on any atom is -0.394 e. The van der Waals surface area contributed by atoms with Gasteiger partial charge in [-0.2, -0.15) is 0 Å². The van der Waals surface area contributed by atoms with E-state index in [9.17, 15) is 15.3 Å². The first kappa shape index (κ1) is 26.9. The molecule has 0 aromatic carbocycles. The summed E-state index contributed by atoms with van der Waals surface area (Å²) in [6, 6.07) is 0. The highest BCUT2D eigenvalue weighted by Gasteiger charge is 2.69. The Morgan fingerprint density at radius 3 is 2.41 bits per heavy atom. The van der Waals surface area contributed by atoms with Gasteiger partial charge in [0.05, 0.1) is 37.1 Å². The first-order valence-electron chi connectivity index (χ1n) is 14.3. The van der Waals surface area contributed by atoms with E-state index in [1.54, 1.807) is 0 Å². The minimum atomic E-state index is -1.25. The first-order chi connectivity index (χ1) is 16.0. The highest BCUT2D eigenvalue weighted by molar-refractivity contribution is 5.19. The van der Waals surface area contributed by atoms with Crippen molar-refractivity contribution in [2.24, 2.45) is 46.3 Å². The summed E-state index contributed by atoms with van der Waals surface area (Å²) in [5, 5.41) is 44.2. The summed E-state index contributed by atoms with van der Waals surface area (Å²) in [6.45, 7) is 11.8. The molecule has 198 valence electrons. The third-order valence-corrected chi connectivity index (χ3v) is 11.4. The predicted octanol–water partition coefficient (Wildman–Crippen LogP) is 4.54. The van der Waals surface area contributed by atoms with Crippen molar-refractivity contribution in [1.82, 2.24) is 0 Å². The molecule has 11 unspecified atom stereocenters. The van der Waals surface area contributed by atoms with Crippen molar-refractivity contribution in [3.8, 4) is 0 Å². The summed E-state index contributed by atoms with van der Waals surface area (Å²) in [6.07, 6.45) is 8.22. The van der Waals surface area contributed by atoms with Crippen LogP contribution >= 0.6 is 0 Å². The standard InChI is InChI=1S/C29H52O5/c1-18(2)7-6-8-19(3)22-9-10-23-21-15-25(32)29(33)16-20(34-14-13-30)11-12-28(29,5)26(21)24(31)17-27(22,23)4/h18-26,30-33H,6-17H2,1-5H3. The van der Waals surface area contributed by atoms with Gasteiger partial charge < -0.3 is 25.2 Å². The monoisotopic (exact) mass is 480 g/mol. The Labute approximate surface area is 207 Å². The van der Waals surface area contributed by atoms with Crippen molar-refractivity contribution in [1.29, 1.82) is 0 Å². The SMILES string of the molecule is CC(C)CCCC(C)C1CCC2C3CC(O)C4(O)CC(OCCO)CCC4(C)C3C(O)CC12C. The second-order valence-electron chi connectivity index (χ2n) is 13.6. The first-order valence-corrected chi connectivity index (χ1v) is 14.3. The predicted molar refractivity (Wildman–Crippen MR) is 134 cm³/mol. The Hall–Kier alpha value is -0.200. The maximum absolute atomic E-state index is 11.9. The van der Waals surface area contributed by atoms with Gasteiger partial charge in [-0.05, 0) is 79.4 Å². The molecule has 0 aliphatic heterocycles. The van der Waals surface area contributed by atoms with Gasteiger partial charge in [-0.25, -0.2) is 0 Å². The molecule has 0 bridgehead atoms. The molecule has 34 heavy (non-hydrogen) atoms. The number of fused-ring (bicyclic) bond motifs is 5. The maximum atomic E-state index is 11.9. The highest BCUT2D eigenvalue weighted by Crippen LogP contribution is 2.69. The molecule has 0 spiro atoms. The second kappa shape index (κ2) is 9.93. The van der Waals surface area contributed by atoms with Crippen LogP contribution in [-0.4, -0.2) is 57.6 Å². The molecule has 11 atom stereocenters. The van der Waals surface area contributed by atoms with Crippen LogP contribution in [0.15, 0.2) is 0 Å². The molecule has 4 aliphatic rings. The van der Waals surface area contributed by atoms with Gasteiger partial charge in [-0.1, -0.05) is 53.9 Å². The zero-order valence-electron chi connectivity index (χ0n) is 22.4. The molecule has 0 aromatic heterocycles. The molecule has 5 nitrogen and oxygen atoms in total. The van der Waals surface area contributed by atoms with Gasteiger partial charge in [0, 0.05) is 11.8 Å². The minimum absolute atomic E-state index is 0.0211. The maximum Gasteiger partial charge on any atom is 0.0986 e. The average Bonchev–Trinajstić information content (AvgIpc) is 3.10. The van der Waals surface area contributed by atoms with Gasteiger partial charge in [0.15, 0.2) is 0 Å². The summed E-state index contributed by atoms with van der Waals surface area (Å²) < 4.78 is 5.79. The van der Waals surface area contributed by atoms with Gasteiger partial charge in [0.2, 0.25) is 0 Å². The zero-order valence-corrected chi connectivity index (χ0v) is 22.4. The smallest absolute Gasteiger partial charge is 0.0986 e. The Kier molecular flexibility index (Phi) is 7.84. The van der Waals surface area contributed by atoms with Crippen LogP contribution in [0.25, 0.3) is 0 Å². The lowest BCUT2D eigenvalue weighted by molar-refractivity contribution is -0.285. The third kappa shape index (κ3) is 4.30. The van der Waals surface area contributed by atoms with Crippen LogP contribution in [0.5, 0.6) is 0 Å². The van der Waals surface area contributed by atoms with E-state index in [4.69, 9.17) is 9.84 Å². The van der Waals surface area contributed by atoms with E-state index in [2.05, 4.69) is 34.6 Å². The largest absolute Gasteiger partial charge is 0.394 e. The second-order valence-corrected chi connectivity index (χ2v) is 13.6. The number of hydrogen-bond acceptors (Lipinski definition) is 5. The fourth-order valence-corrected chi connectivity index (χ4v) is 9.75. The van der Waals surface area contributed by atoms with E-state index in [1.807, 2.05) is 0 Å². The number of ether oxygens (including phenoxy) is 1. The van der Waals surface area contributed by atoms with Crippen LogP contribution in [0, 0.1) is 46.3 Å². The van der Waals surface area contributed by atoms with E-state index in [0.717, 1.165) is 25.2 Å². The van der Waals surface area contributed by atoms with Crippen LogP contribution < -0.4 is 0 Å². The number of aliphatic hydroxyl groups is 4. The van der Waals surface area contributed by atoms with E-state index < -0.39 is 23.2 Å². The molecule has 0 saturated heterocycles. The van der Waals surface area contributed by atoms with Crippen LogP contribution in [0.4, 0.5) is 0 Å². The molecule has 4 fully saturated rings. The van der Waals surface area contributed by atoms with Crippen molar-refractivity contribution < 1.29 is 25.2 Å². The van der Waals surface area contributed by atoms with Crippen LogP contribution in [0.3, 0.4) is 0 Å². The molecule has 4 saturated carbocycles. The van der Waals surface area contributed by atoms with Crippen molar-refractivity contribution in [3.63, 3.8) is 0 Å². The Morgan fingerprint density at radius 2 is 1.74 bits per heavy atom. The van der Waals surface area contributed by atoms with Gasteiger partial charge in [0.25, 0.3) is 0 Å². The molecule has 0 amide bonds. The number of aliphatic hydroxyl groups excluding tert-OH is 3. The number of rotatable bonds is 8. The third-order valence-electron chi connectivity index (χ3n) is 11.4. The number of hydrogen-bond donors (Lipinski definition) is 4. The summed E-state index contributed by atoms with van der Waals surface area (Å²) in [5.41, 5.74) is -1.65. The van der Waals surface area contributed by atoms with E-state index in [1.165, 1.54) is 32.1 Å². The topological polar surface area (TPSA) is 90.2 Å². The van der Waals surface area contributed by atoms with Crippen molar-refractivity contribution in [3.05, 3.63) is 0 Å². The Morgan fingerprint density at radius 1 is 1.00 bits per heavy atom. The van der Waals surface area contributed by atoms with E-state index in [-0.39, 0.29) is 36.6 Å². The van der Waals surface area contributed by atoms with Gasteiger partial charge in [-0.3, -0.25) is 0 Å². The molecule has 0 heterocycles. The normalized spacial score (nSPS) is 49.4. The molecule has 4 aliphatic carbocycles. The molecule has 4 N–H and O–H groups in total. The lowest BCUT2D eigenvalue weighted by Crippen LogP contribution is -2.71. The average molecular weight is 481 g/mol. The van der Waals surface area contributed by atoms with Gasteiger partial charge >= 0.3 is 0 Å². The van der Waals surface area contributed by atoms with Crippen LogP contribution in [-0.2, 0) is 4.74 Å². The Balaban J connectivity index is 1.54. The quantitative estimate of drug-likeness (QED) is 0.409. The van der Waals surface area contributed by atoms with Crippen LogP contribution in [0.1, 0.15) is 98.8 Å². The Bertz CT molecular complexity index is 698. The van der Waals surface area contributed by atoms with Crippen molar-refractivity contribution >= 4 is 0 Å². The van der Waals surface area contributed by atoms with E-state index in [0.29, 0.717) is 30.6 Å². The summed E-state index contributed by atoms with van der Waals surface area (Å²) in [4.78, 5) is 0. The summed E-state index contributed by atoms with van der Waals surface area (Å²) >= 11 is 0. The van der Waals surface area contributed by atoms with Crippen LogP contribution in [0.2, 0.25) is 0 Å². The molecular weight excluding hydrogens is 428 g/mol. The zero-order chi connectivity index (χ0) is 24.9. The summed E-state index contributed by atoms with van der Waals surface area (Å²) in [5.74, 6) is 2.84. The molecule has 0 aromatic rings. The molecule has 4 rings (SSSR count). The highest BCUT2D eigenvalue weighted by atomic mass is 16.5. The fourth-order valence-electron chi connectivity index (χ4n) is 9.75. The molecule has 5 heteroatoms. The molecular formula is C29H52O5. The fraction of sp³-hybridized carbons (Fsp3) is 1.00. The molecule has 0 radical (unpaired) electrons.